The Kier molecular flexibility index (Phi) is 4.05. The van der Waals surface area contributed by atoms with Gasteiger partial charge in [0.1, 0.15) is 4.90 Å². The first-order valence-electron chi connectivity index (χ1n) is 4.94. The van der Waals surface area contributed by atoms with Gasteiger partial charge in [0.25, 0.3) is 0 Å². The van der Waals surface area contributed by atoms with Crippen LogP contribution in [0.5, 0.6) is 5.75 Å². The van der Waals surface area contributed by atoms with Gasteiger partial charge in [-0.05, 0) is 25.5 Å². The Balaban J connectivity index is 3.20. The molecule has 0 aliphatic rings. The number of nitrogens with two attached hydrogens (primary N) is 1. The van der Waals surface area contributed by atoms with Gasteiger partial charge in [-0.25, -0.2) is 17.9 Å². The number of sulfonamides is 1. The second-order valence-corrected chi connectivity index (χ2v) is 5.10. The molecule has 0 bridgehead atoms. The van der Waals surface area contributed by atoms with Crippen molar-refractivity contribution in [2.24, 2.45) is 5.14 Å². The molecule has 0 aromatic heterocycles. The summed E-state index contributed by atoms with van der Waals surface area (Å²) in [5.74, 6) is -3.20. The summed E-state index contributed by atoms with van der Waals surface area (Å²) in [6, 6.07) is 1.93. The van der Waals surface area contributed by atoms with E-state index in [1.165, 1.54) is 0 Å². The van der Waals surface area contributed by atoms with Crippen LogP contribution in [0.3, 0.4) is 0 Å². The first kappa shape index (κ1) is 13.9. The van der Waals surface area contributed by atoms with Crippen LogP contribution >= 0.6 is 0 Å². The average Bonchev–Trinajstić information content (AvgIpc) is 2.22. The van der Waals surface area contributed by atoms with Crippen molar-refractivity contribution in [1.82, 2.24) is 0 Å². The average molecular weight is 265 g/mol. The molecular weight excluding hydrogens is 252 g/mol. The van der Waals surface area contributed by atoms with E-state index < -0.39 is 26.6 Å². The Morgan fingerprint density at radius 2 is 1.94 bits per heavy atom. The zero-order valence-electron chi connectivity index (χ0n) is 9.41. The van der Waals surface area contributed by atoms with Crippen LogP contribution in [0, 0.1) is 11.6 Å². The quantitative estimate of drug-likeness (QED) is 0.902. The molecule has 0 aliphatic carbocycles. The van der Waals surface area contributed by atoms with E-state index in [9.17, 15) is 17.2 Å². The molecule has 1 aromatic carbocycles. The number of rotatable bonds is 4. The first-order chi connectivity index (χ1) is 7.77. The van der Waals surface area contributed by atoms with Crippen LogP contribution < -0.4 is 9.88 Å². The molecule has 2 N–H and O–H groups in total. The van der Waals surface area contributed by atoms with Crippen molar-refractivity contribution in [1.29, 1.82) is 0 Å². The van der Waals surface area contributed by atoms with Gasteiger partial charge in [0, 0.05) is 0 Å². The lowest BCUT2D eigenvalue weighted by Gasteiger charge is -2.14. The zero-order chi connectivity index (χ0) is 13.2. The Labute approximate surface area is 98.4 Å². The van der Waals surface area contributed by atoms with Gasteiger partial charge in [-0.15, -0.1) is 0 Å². The van der Waals surface area contributed by atoms with Gasteiger partial charge < -0.3 is 4.74 Å². The van der Waals surface area contributed by atoms with Crippen molar-refractivity contribution in [3.63, 3.8) is 0 Å². The van der Waals surface area contributed by atoms with Gasteiger partial charge in [0.05, 0.1) is 6.10 Å². The smallest absolute Gasteiger partial charge is 0.241 e. The minimum absolute atomic E-state index is 0.302. The summed E-state index contributed by atoms with van der Waals surface area (Å²) in [7, 11) is -4.28. The molecule has 0 heterocycles. The Bertz CT molecular complexity index is 517. The molecule has 1 atom stereocenters. The minimum atomic E-state index is -4.28. The number of halogens is 2. The fourth-order valence-electron chi connectivity index (χ4n) is 1.12. The summed E-state index contributed by atoms with van der Waals surface area (Å²) < 4.78 is 53.8. The lowest BCUT2D eigenvalue weighted by atomic mass is 10.3. The molecule has 0 amide bonds. The van der Waals surface area contributed by atoms with Crippen LogP contribution in [0.15, 0.2) is 17.0 Å². The van der Waals surface area contributed by atoms with E-state index in [0.29, 0.717) is 6.42 Å². The molecule has 17 heavy (non-hydrogen) atoms. The number of ether oxygens (including phenoxy) is 1. The molecule has 1 unspecified atom stereocenters. The van der Waals surface area contributed by atoms with E-state index >= 15 is 0 Å². The highest BCUT2D eigenvalue weighted by Crippen LogP contribution is 2.25. The van der Waals surface area contributed by atoms with Crippen molar-refractivity contribution in [3.8, 4) is 5.75 Å². The van der Waals surface area contributed by atoms with Crippen molar-refractivity contribution in [2.45, 2.75) is 31.3 Å². The normalized spacial score (nSPS) is 13.5. The van der Waals surface area contributed by atoms with Crippen LogP contribution in [0.4, 0.5) is 8.78 Å². The lowest BCUT2D eigenvalue weighted by molar-refractivity contribution is 0.204. The fourth-order valence-corrected chi connectivity index (χ4v) is 1.72. The summed E-state index contributed by atoms with van der Waals surface area (Å²) in [5, 5.41) is 4.73. The highest BCUT2D eigenvalue weighted by atomic mass is 32.2. The molecule has 0 radical (unpaired) electrons. The Hall–Kier alpha value is -1.21. The lowest BCUT2D eigenvalue weighted by Crippen LogP contribution is -2.16. The summed E-state index contributed by atoms with van der Waals surface area (Å²) in [6.45, 7) is 3.50. The summed E-state index contributed by atoms with van der Waals surface area (Å²) in [4.78, 5) is -0.883. The summed E-state index contributed by atoms with van der Waals surface area (Å²) >= 11 is 0. The van der Waals surface area contributed by atoms with Gasteiger partial charge in [-0.2, -0.15) is 4.39 Å². The Morgan fingerprint density at radius 3 is 2.41 bits per heavy atom. The monoisotopic (exact) mass is 265 g/mol. The zero-order valence-corrected chi connectivity index (χ0v) is 10.2. The molecule has 7 heteroatoms. The number of primary sulfonamides is 1. The molecule has 0 spiro atoms. The van der Waals surface area contributed by atoms with Crippen LogP contribution in [-0.2, 0) is 10.0 Å². The van der Waals surface area contributed by atoms with Crippen LogP contribution in [0.25, 0.3) is 0 Å². The largest absolute Gasteiger partial charge is 0.488 e. The molecule has 1 rings (SSSR count). The van der Waals surface area contributed by atoms with Gasteiger partial charge in [0.15, 0.2) is 11.6 Å². The van der Waals surface area contributed by atoms with Crippen molar-refractivity contribution in [3.05, 3.63) is 23.8 Å². The van der Waals surface area contributed by atoms with E-state index in [2.05, 4.69) is 0 Å². The van der Waals surface area contributed by atoms with Crippen LogP contribution in [0.1, 0.15) is 20.3 Å². The van der Waals surface area contributed by atoms with E-state index in [-0.39, 0.29) is 11.9 Å². The van der Waals surface area contributed by atoms with Crippen molar-refractivity contribution >= 4 is 10.0 Å². The molecular formula is C10H13F2NO3S. The standard InChI is InChI=1S/C10H13F2NO3S/c1-3-6(2)16-7-4-5-8(17(13,14)15)10(12)9(7)11/h4-6H,3H2,1-2H3,(H2,13,14,15). The molecule has 96 valence electrons. The molecule has 0 fully saturated rings. The third-order valence-corrected chi connectivity index (χ3v) is 3.15. The van der Waals surface area contributed by atoms with Gasteiger partial charge in [0.2, 0.25) is 15.8 Å². The predicted molar refractivity (Wildman–Crippen MR) is 58.1 cm³/mol. The van der Waals surface area contributed by atoms with Gasteiger partial charge in [-0.1, -0.05) is 6.92 Å². The van der Waals surface area contributed by atoms with E-state index in [1.807, 2.05) is 6.92 Å². The maximum Gasteiger partial charge on any atom is 0.241 e. The molecule has 4 nitrogen and oxygen atoms in total. The highest BCUT2D eigenvalue weighted by molar-refractivity contribution is 7.89. The molecule has 1 aromatic rings. The van der Waals surface area contributed by atoms with E-state index in [0.717, 1.165) is 12.1 Å². The first-order valence-corrected chi connectivity index (χ1v) is 6.49. The number of hydrogen-bond donors (Lipinski definition) is 1. The van der Waals surface area contributed by atoms with Crippen molar-refractivity contribution in [2.75, 3.05) is 0 Å². The van der Waals surface area contributed by atoms with Crippen LogP contribution in [-0.4, -0.2) is 14.5 Å². The third kappa shape index (κ3) is 3.13. The summed E-state index contributed by atoms with van der Waals surface area (Å²) in [5.41, 5.74) is 0. The van der Waals surface area contributed by atoms with E-state index in [1.54, 1.807) is 6.92 Å². The maximum absolute atomic E-state index is 13.5. The maximum atomic E-state index is 13.5. The highest BCUT2D eigenvalue weighted by Gasteiger charge is 2.21. The Morgan fingerprint density at radius 1 is 1.35 bits per heavy atom. The summed E-state index contributed by atoms with van der Waals surface area (Å²) in [6.07, 6.45) is 0.307. The molecule has 0 saturated heterocycles. The van der Waals surface area contributed by atoms with Gasteiger partial charge >= 0.3 is 0 Å². The SMILES string of the molecule is CCC(C)Oc1ccc(S(N)(=O)=O)c(F)c1F. The molecule has 0 aliphatic heterocycles. The van der Waals surface area contributed by atoms with Crippen LogP contribution in [0.2, 0.25) is 0 Å². The topological polar surface area (TPSA) is 69.4 Å². The van der Waals surface area contributed by atoms with Gasteiger partial charge in [-0.3, -0.25) is 0 Å². The number of hydrogen-bond acceptors (Lipinski definition) is 3. The third-order valence-electron chi connectivity index (χ3n) is 2.22. The molecule has 0 saturated carbocycles. The van der Waals surface area contributed by atoms with Crippen molar-refractivity contribution < 1.29 is 21.9 Å². The number of benzene rings is 1. The fraction of sp³-hybridized carbons (Fsp3) is 0.400. The minimum Gasteiger partial charge on any atom is -0.488 e. The predicted octanol–water partition coefficient (Wildman–Crippen LogP) is 1.79. The second kappa shape index (κ2) is 4.97. The van der Waals surface area contributed by atoms with E-state index in [4.69, 9.17) is 9.88 Å². The second-order valence-electron chi connectivity index (χ2n) is 3.57.